The summed E-state index contributed by atoms with van der Waals surface area (Å²) in [6.07, 6.45) is 1.56. The zero-order chi connectivity index (χ0) is 21.1. The Labute approximate surface area is 175 Å². The third kappa shape index (κ3) is 4.98. The van der Waals surface area contributed by atoms with Crippen LogP contribution in [0.5, 0.6) is 11.5 Å². The Bertz CT molecular complexity index is 1080. The van der Waals surface area contributed by atoms with Gasteiger partial charge in [-0.3, -0.25) is 0 Å². The minimum Gasteiger partial charge on any atom is -0.374 e. The molecule has 0 bridgehead atoms. The van der Waals surface area contributed by atoms with Crippen LogP contribution in [0.15, 0.2) is 69.1 Å². The van der Waals surface area contributed by atoms with E-state index in [9.17, 15) is 16.8 Å². The SMILES string of the molecule is CCc1ccc(S(=O)(=O)Oc2cscc2OS(=O)(=O)c2ccc(CC)cc2)cc1. The normalized spacial score (nSPS) is 11.9. The molecule has 0 amide bonds. The van der Waals surface area contributed by atoms with Crippen molar-refractivity contribution in [1.29, 1.82) is 0 Å². The van der Waals surface area contributed by atoms with Crippen molar-refractivity contribution in [3.05, 3.63) is 70.4 Å². The summed E-state index contributed by atoms with van der Waals surface area (Å²) in [5.41, 5.74) is 1.98. The molecule has 154 valence electrons. The molecule has 2 aromatic carbocycles. The second kappa shape index (κ2) is 8.56. The number of hydrogen-bond donors (Lipinski definition) is 0. The van der Waals surface area contributed by atoms with Gasteiger partial charge in [-0.2, -0.15) is 16.8 Å². The highest BCUT2D eigenvalue weighted by Crippen LogP contribution is 2.36. The third-order valence-corrected chi connectivity index (χ3v) is 7.43. The van der Waals surface area contributed by atoms with Crippen LogP contribution in [0.1, 0.15) is 25.0 Å². The molecule has 29 heavy (non-hydrogen) atoms. The Kier molecular flexibility index (Phi) is 6.30. The summed E-state index contributed by atoms with van der Waals surface area (Å²) in [7, 11) is -8.26. The smallest absolute Gasteiger partial charge is 0.339 e. The predicted octanol–water partition coefficient (Wildman–Crippen LogP) is 4.41. The van der Waals surface area contributed by atoms with E-state index in [-0.39, 0.29) is 21.3 Å². The Morgan fingerprint density at radius 3 is 1.31 bits per heavy atom. The van der Waals surface area contributed by atoms with Crippen LogP contribution >= 0.6 is 11.3 Å². The maximum Gasteiger partial charge on any atom is 0.339 e. The lowest BCUT2D eigenvalue weighted by atomic mass is 10.2. The summed E-state index contributed by atoms with van der Waals surface area (Å²) >= 11 is 1.07. The van der Waals surface area contributed by atoms with E-state index >= 15 is 0 Å². The van der Waals surface area contributed by atoms with Crippen LogP contribution < -0.4 is 8.37 Å². The first-order chi connectivity index (χ1) is 13.7. The second-order valence-corrected chi connectivity index (χ2v) is 10.0. The van der Waals surface area contributed by atoms with E-state index in [1.165, 1.54) is 35.0 Å². The molecule has 0 aliphatic rings. The van der Waals surface area contributed by atoms with Gasteiger partial charge in [-0.15, -0.1) is 11.3 Å². The fraction of sp³-hybridized carbons (Fsp3) is 0.200. The summed E-state index contributed by atoms with van der Waals surface area (Å²) in [6.45, 7) is 3.93. The average Bonchev–Trinajstić information content (AvgIpc) is 3.13. The quantitative estimate of drug-likeness (QED) is 0.471. The van der Waals surface area contributed by atoms with E-state index in [1.54, 1.807) is 24.3 Å². The van der Waals surface area contributed by atoms with Gasteiger partial charge < -0.3 is 8.37 Å². The molecular weight excluding hydrogens is 432 g/mol. The molecule has 0 aliphatic heterocycles. The Hall–Kier alpha value is -2.36. The van der Waals surface area contributed by atoms with Gasteiger partial charge in [0.1, 0.15) is 9.79 Å². The third-order valence-electron chi connectivity index (χ3n) is 4.23. The molecule has 0 N–H and O–H groups in total. The molecule has 1 heterocycles. The molecule has 1 aromatic heterocycles. The minimum atomic E-state index is -4.13. The molecule has 0 fully saturated rings. The molecule has 0 saturated carbocycles. The van der Waals surface area contributed by atoms with Crippen LogP contribution in [0.3, 0.4) is 0 Å². The van der Waals surface area contributed by atoms with Crippen molar-refractivity contribution in [2.45, 2.75) is 36.5 Å². The molecule has 0 atom stereocenters. The summed E-state index contributed by atoms with van der Waals surface area (Å²) in [6, 6.07) is 12.6. The van der Waals surface area contributed by atoms with Gasteiger partial charge in [0.25, 0.3) is 0 Å². The van der Waals surface area contributed by atoms with Gasteiger partial charge in [-0.25, -0.2) is 0 Å². The van der Waals surface area contributed by atoms with E-state index in [0.717, 1.165) is 35.3 Å². The molecule has 0 aliphatic carbocycles. The van der Waals surface area contributed by atoms with Crippen molar-refractivity contribution in [2.24, 2.45) is 0 Å². The van der Waals surface area contributed by atoms with Crippen molar-refractivity contribution in [1.82, 2.24) is 0 Å². The highest BCUT2D eigenvalue weighted by Gasteiger charge is 2.24. The molecule has 3 aromatic rings. The summed E-state index contributed by atoms with van der Waals surface area (Å²) in [5.74, 6) is -0.355. The topological polar surface area (TPSA) is 86.7 Å². The zero-order valence-electron chi connectivity index (χ0n) is 15.9. The van der Waals surface area contributed by atoms with Crippen LogP contribution in [-0.2, 0) is 33.1 Å². The molecular formula is C20H20O6S3. The first-order valence-electron chi connectivity index (χ1n) is 8.88. The highest BCUT2D eigenvalue weighted by atomic mass is 32.2. The van der Waals surface area contributed by atoms with E-state index in [0.29, 0.717) is 0 Å². The van der Waals surface area contributed by atoms with Gasteiger partial charge in [-0.05, 0) is 48.2 Å². The maximum atomic E-state index is 12.5. The van der Waals surface area contributed by atoms with Gasteiger partial charge >= 0.3 is 20.2 Å². The van der Waals surface area contributed by atoms with Crippen molar-refractivity contribution in [3.63, 3.8) is 0 Å². The predicted molar refractivity (Wildman–Crippen MR) is 112 cm³/mol. The summed E-state index contributed by atoms with van der Waals surface area (Å²) in [4.78, 5) is -0.0466. The van der Waals surface area contributed by atoms with Crippen LogP contribution in [0, 0.1) is 0 Å². The first kappa shape index (κ1) is 21.4. The van der Waals surface area contributed by atoms with E-state index in [2.05, 4.69) is 0 Å². The van der Waals surface area contributed by atoms with Gasteiger partial charge in [0.05, 0.1) is 0 Å². The maximum absolute atomic E-state index is 12.5. The van der Waals surface area contributed by atoms with E-state index < -0.39 is 20.2 Å². The molecule has 6 nitrogen and oxygen atoms in total. The molecule has 9 heteroatoms. The van der Waals surface area contributed by atoms with Gasteiger partial charge in [0, 0.05) is 10.8 Å². The average molecular weight is 453 g/mol. The zero-order valence-corrected chi connectivity index (χ0v) is 18.3. The van der Waals surface area contributed by atoms with E-state index in [4.69, 9.17) is 8.37 Å². The monoisotopic (exact) mass is 452 g/mol. The van der Waals surface area contributed by atoms with Crippen molar-refractivity contribution in [3.8, 4) is 11.5 Å². The Morgan fingerprint density at radius 1 is 0.655 bits per heavy atom. The van der Waals surface area contributed by atoms with Crippen LogP contribution in [0.2, 0.25) is 0 Å². The fourth-order valence-corrected chi connectivity index (χ4v) is 5.14. The van der Waals surface area contributed by atoms with E-state index in [1.807, 2.05) is 13.8 Å². The molecule has 3 rings (SSSR count). The molecule has 0 spiro atoms. The number of rotatable bonds is 8. The summed E-state index contributed by atoms with van der Waals surface area (Å²) < 4.78 is 60.4. The van der Waals surface area contributed by atoms with Crippen LogP contribution in [0.25, 0.3) is 0 Å². The standard InChI is InChI=1S/C20H20O6S3/c1-3-15-5-9-17(10-6-15)28(21,22)25-19-13-27-14-20(19)26-29(23,24)18-11-7-16(4-2)8-12-18/h5-14H,3-4H2,1-2H3. The lowest BCUT2D eigenvalue weighted by molar-refractivity contribution is 0.451. The number of hydrogen-bond acceptors (Lipinski definition) is 7. The van der Waals surface area contributed by atoms with Gasteiger partial charge in [0.15, 0.2) is 11.5 Å². The van der Waals surface area contributed by atoms with Crippen molar-refractivity contribution < 1.29 is 25.2 Å². The Morgan fingerprint density at radius 2 is 1.00 bits per heavy atom. The van der Waals surface area contributed by atoms with Gasteiger partial charge in [-0.1, -0.05) is 38.1 Å². The highest BCUT2D eigenvalue weighted by molar-refractivity contribution is 7.87. The van der Waals surface area contributed by atoms with Gasteiger partial charge in [0.2, 0.25) is 0 Å². The first-order valence-corrected chi connectivity index (χ1v) is 12.6. The molecule has 0 saturated heterocycles. The molecule has 0 unspecified atom stereocenters. The number of benzene rings is 2. The summed E-state index contributed by atoms with van der Waals surface area (Å²) in [5, 5.41) is 2.76. The van der Waals surface area contributed by atoms with Crippen LogP contribution in [0.4, 0.5) is 0 Å². The minimum absolute atomic E-state index is 0.0233. The number of aryl methyl sites for hydroxylation is 2. The largest absolute Gasteiger partial charge is 0.374 e. The van der Waals surface area contributed by atoms with Crippen LogP contribution in [-0.4, -0.2) is 16.8 Å². The lowest BCUT2D eigenvalue weighted by Gasteiger charge is -2.10. The second-order valence-electron chi connectivity index (χ2n) is 6.17. The molecule has 0 radical (unpaired) electrons. The number of thiophene rings is 1. The Balaban J connectivity index is 1.82. The van der Waals surface area contributed by atoms with Crippen molar-refractivity contribution >= 4 is 31.6 Å². The lowest BCUT2D eigenvalue weighted by Crippen LogP contribution is -2.13. The van der Waals surface area contributed by atoms with Crippen molar-refractivity contribution in [2.75, 3.05) is 0 Å². The fourth-order valence-electron chi connectivity index (χ4n) is 2.51.